The van der Waals surface area contributed by atoms with Gasteiger partial charge in [-0.1, -0.05) is 13.8 Å². The molecule has 3 rings (SSSR count). The van der Waals surface area contributed by atoms with E-state index in [9.17, 15) is 14.7 Å². The number of nitrogens with one attached hydrogen (secondary N) is 1. The minimum atomic E-state index is -1.36. The van der Waals surface area contributed by atoms with Crippen LogP contribution in [0, 0.1) is 5.92 Å². The third-order valence-corrected chi connectivity index (χ3v) is 4.63. The van der Waals surface area contributed by atoms with Crippen LogP contribution in [0.2, 0.25) is 0 Å². The van der Waals surface area contributed by atoms with Crippen molar-refractivity contribution in [3.8, 4) is 0 Å². The molecule has 0 unspecified atom stereocenters. The Morgan fingerprint density at radius 3 is 2.04 bits per heavy atom. The topological polar surface area (TPSA) is 115 Å². The minimum absolute atomic E-state index is 0.349. The number of carbonyl (C=O) groups is 2. The predicted octanol–water partition coefficient (Wildman–Crippen LogP) is -0.726. The predicted molar refractivity (Wildman–Crippen MR) is 84.3 cm³/mol. The van der Waals surface area contributed by atoms with Crippen LogP contribution in [0.5, 0.6) is 0 Å². The van der Waals surface area contributed by atoms with Gasteiger partial charge in [0.15, 0.2) is 24.0 Å². The molecule has 148 valence electrons. The Kier molecular flexibility index (Phi) is 4.81. The lowest BCUT2D eigenvalue weighted by molar-refractivity contribution is -0.309. The van der Waals surface area contributed by atoms with Gasteiger partial charge in [-0.25, -0.2) is 0 Å². The lowest BCUT2D eigenvalue weighted by Crippen LogP contribution is -2.62. The molecule has 0 radical (unpaired) electrons. The second-order valence-corrected chi connectivity index (χ2v) is 8.14. The van der Waals surface area contributed by atoms with Crippen molar-refractivity contribution in [2.75, 3.05) is 0 Å². The number of hydrogen-bond acceptors (Lipinski definition) is 8. The van der Waals surface area contributed by atoms with Gasteiger partial charge in [-0.05, 0) is 33.6 Å². The second-order valence-electron chi connectivity index (χ2n) is 8.14. The number of carbonyl (C=O) groups excluding carboxylic acids is 2. The number of rotatable bonds is 4. The van der Waals surface area contributed by atoms with Crippen molar-refractivity contribution in [1.82, 2.24) is 5.32 Å². The molecule has 3 aliphatic heterocycles. The molecular formula is C17H26NO8-. The van der Waals surface area contributed by atoms with Crippen LogP contribution in [0.4, 0.5) is 0 Å². The summed E-state index contributed by atoms with van der Waals surface area (Å²) < 4.78 is 29.2. The van der Waals surface area contributed by atoms with E-state index in [0.717, 1.165) is 0 Å². The third-order valence-electron chi connectivity index (χ3n) is 4.63. The molecular weight excluding hydrogens is 346 g/mol. The zero-order valence-electron chi connectivity index (χ0n) is 15.8. The van der Waals surface area contributed by atoms with Crippen molar-refractivity contribution >= 4 is 11.9 Å². The average molecular weight is 372 g/mol. The summed E-state index contributed by atoms with van der Waals surface area (Å²) in [6, 6.07) is -1.14. The van der Waals surface area contributed by atoms with Crippen LogP contribution in [-0.2, 0) is 33.3 Å². The molecule has 0 spiro atoms. The maximum atomic E-state index is 12.8. The summed E-state index contributed by atoms with van der Waals surface area (Å²) >= 11 is 0. The third kappa shape index (κ3) is 3.59. The van der Waals surface area contributed by atoms with Crippen LogP contribution >= 0.6 is 0 Å². The van der Waals surface area contributed by atoms with Gasteiger partial charge >= 0.3 is 0 Å². The molecule has 1 amide bonds. The Morgan fingerprint density at radius 1 is 0.923 bits per heavy atom. The molecule has 6 atom stereocenters. The molecule has 0 aromatic carbocycles. The number of ether oxygens (including phenoxy) is 5. The van der Waals surface area contributed by atoms with Crippen LogP contribution < -0.4 is 10.4 Å². The van der Waals surface area contributed by atoms with Crippen molar-refractivity contribution in [1.29, 1.82) is 0 Å². The molecule has 0 saturated carbocycles. The summed E-state index contributed by atoms with van der Waals surface area (Å²) in [7, 11) is 0. The molecule has 9 heteroatoms. The summed E-state index contributed by atoms with van der Waals surface area (Å²) in [6.45, 7) is 10.3. The SMILES string of the molecule is CC(C)[C@@H](NC(=O)[C@H]1O[C@H]2OC(C)(C)O[C@@H]2[C@H]2OC(C)(C)O[C@@H]21)C(=O)[O-]. The molecule has 3 aliphatic rings. The molecule has 3 fully saturated rings. The van der Waals surface area contributed by atoms with Gasteiger partial charge in [0.25, 0.3) is 5.91 Å². The molecule has 9 nitrogen and oxygen atoms in total. The van der Waals surface area contributed by atoms with Crippen molar-refractivity contribution in [3.63, 3.8) is 0 Å². The first kappa shape index (κ1) is 19.5. The normalized spacial score (nSPS) is 38.5. The zero-order valence-corrected chi connectivity index (χ0v) is 15.8. The fraction of sp³-hybridized carbons (Fsp3) is 0.882. The number of amides is 1. The van der Waals surface area contributed by atoms with Crippen molar-refractivity contribution < 1.29 is 38.4 Å². The van der Waals surface area contributed by atoms with E-state index in [1.165, 1.54) is 0 Å². The van der Waals surface area contributed by atoms with Gasteiger partial charge < -0.3 is 38.9 Å². The molecule has 0 bridgehead atoms. The Bertz CT molecular complexity index is 589. The first-order chi connectivity index (χ1) is 11.9. The first-order valence-corrected chi connectivity index (χ1v) is 8.78. The Morgan fingerprint density at radius 2 is 1.46 bits per heavy atom. The second kappa shape index (κ2) is 6.42. The number of carboxylic acid groups (broad SMARTS) is 1. The van der Waals surface area contributed by atoms with E-state index in [1.807, 2.05) is 0 Å². The molecule has 0 aromatic rings. The summed E-state index contributed by atoms with van der Waals surface area (Å²) in [4.78, 5) is 24.1. The smallest absolute Gasteiger partial charge is 0.252 e. The highest BCUT2D eigenvalue weighted by Crippen LogP contribution is 2.44. The van der Waals surface area contributed by atoms with E-state index >= 15 is 0 Å². The minimum Gasteiger partial charge on any atom is -0.548 e. The van der Waals surface area contributed by atoms with E-state index in [4.69, 9.17) is 23.7 Å². The highest BCUT2D eigenvalue weighted by atomic mass is 16.9. The van der Waals surface area contributed by atoms with E-state index in [-0.39, 0.29) is 5.92 Å². The quantitative estimate of drug-likeness (QED) is 0.687. The molecule has 26 heavy (non-hydrogen) atoms. The van der Waals surface area contributed by atoms with Gasteiger partial charge in [0.2, 0.25) is 0 Å². The standard InChI is InChI=1S/C17H27NO8/c1-7(2)8(14(20)21)18-13(19)11-9-10(24-16(3,4)23-9)12-15(22-11)26-17(5,6)25-12/h7-12,15H,1-6H3,(H,18,19)(H,20,21)/p-1/t8-,9+,10+,11+,12-,15+/m1/s1. The monoisotopic (exact) mass is 372 g/mol. The summed E-state index contributed by atoms with van der Waals surface area (Å²) in [5.41, 5.74) is 0. The molecule has 3 heterocycles. The number of fused-ring (bicyclic) bond motifs is 3. The van der Waals surface area contributed by atoms with Gasteiger partial charge in [0.05, 0.1) is 12.0 Å². The molecule has 0 aliphatic carbocycles. The number of carboxylic acids is 1. The van der Waals surface area contributed by atoms with Gasteiger partial charge in [-0.3, -0.25) is 4.79 Å². The lowest BCUT2D eigenvalue weighted by Gasteiger charge is -2.37. The van der Waals surface area contributed by atoms with Gasteiger partial charge in [0.1, 0.15) is 18.3 Å². The van der Waals surface area contributed by atoms with Crippen molar-refractivity contribution in [2.45, 2.75) is 89.9 Å². The molecule has 3 saturated heterocycles. The molecule has 0 aromatic heterocycles. The van der Waals surface area contributed by atoms with Crippen molar-refractivity contribution in [3.05, 3.63) is 0 Å². The van der Waals surface area contributed by atoms with Crippen LogP contribution in [0.3, 0.4) is 0 Å². The van der Waals surface area contributed by atoms with Crippen LogP contribution in [0.15, 0.2) is 0 Å². The van der Waals surface area contributed by atoms with Crippen LogP contribution in [0.1, 0.15) is 41.5 Å². The Labute approximate surface area is 152 Å². The van der Waals surface area contributed by atoms with Crippen molar-refractivity contribution in [2.24, 2.45) is 5.92 Å². The highest BCUT2D eigenvalue weighted by Gasteiger charge is 2.62. The lowest BCUT2D eigenvalue weighted by atomic mass is 9.97. The van der Waals surface area contributed by atoms with Crippen LogP contribution in [0.25, 0.3) is 0 Å². The van der Waals surface area contributed by atoms with E-state index in [0.29, 0.717) is 0 Å². The summed E-state index contributed by atoms with van der Waals surface area (Å²) in [5, 5.41) is 13.8. The highest BCUT2D eigenvalue weighted by molar-refractivity contribution is 5.86. The van der Waals surface area contributed by atoms with E-state index in [2.05, 4.69) is 5.32 Å². The number of aliphatic carboxylic acids is 1. The maximum Gasteiger partial charge on any atom is 0.252 e. The summed E-state index contributed by atoms with van der Waals surface area (Å²) in [6.07, 6.45) is -3.80. The van der Waals surface area contributed by atoms with Gasteiger partial charge in [-0.15, -0.1) is 0 Å². The van der Waals surface area contributed by atoms with E-state index < -0.39 is 60.2 Å². The Balaban J connectivity index is 1.82. The Hall–Kier alpha value is -1.26. The largest absolute Gasteiger partial charge is 0.548 e. The summed E-state index contributed by atoms with van der Waals surface area (Å²) in [5.74, 6) is -4.15. The van der Waals surface area contributed by atoms with Crippen LogP contribution in [-0.4, -0.2) is 60.2 Å². The molecule has 1 N–H and O–H groups in total. The number of hydrogen-bond donors (Lipinski definition) is 1. The zero-order chi connectivity index (χ0) is 19.4. The first-order valence-electron chi connectivity index (χ1n) is 8.78. The fourth-order valence-electron chi connectivity index (χ4n) is 3.56. The average Bonchev–Trinajstić information content (AvgIpc) is 2.96. The maximum absolute atomic E-state index is 12.8. The fourth-order valence-corrected chi connectivity index (χ4v) is 3.56. The van der Waals surface area contributed by atoms with Gasteiger partial charge in [0, 0.05) is 0 Å². The van der Waals surface area contributed by atoms with Gasteiger partial charge in [-0.2, -0.15) is 0 Å². The van der Waals surface area contributed by atoms with E-state index in [1.54, 1.807) is 41.5 Å².